The molecule has 0 amide bonds. The zero-order valence-electron chi connectivity index (χ0n) is 9.62. The molecule has 1 unspecified atom stereocenters. The van der Waals surface area contributed by atoms with Crippen molar-refractivity contribution in [2.24, 2.45) is 5.92 Å². The molecular weight excluding hydrogens is 192 g/mol. The summed E-state index contributed by atoms with van der Waals surface area (Å²) in [4.78, 5) is 22.1. The van der Waals surface area contributed by atoms with E-state index < -0.39 is 5.97 Å². The average molecular weight is 212 g/mol. The van der Waals surface area contributed by atoms with E-state index in [9.17, 15) is 9.59 Å². The molecule has 0 radical (unpaired) electrons. The first-order valence-corrected chi connectivity index (χ1v) is 5.33. The van der Waals surface area contributed by atoms with E-state index in [1.807, 2.05) is 6.08 Å². The van der Waals surface area contributed by atoms with Crippen LogP contribution in [0.4, 0.5) is 0 Å². The number of ketones is 1. The predicted octanol–water partition coefficient (Wildman–Crippen LogP) is 2.50. The second kappa shape index (κ2) is 8.21. The van der Waals surface area contributed by atoms with Gasteiger partial charge in [-0.3, -0.25) is 9.59 Å². The van der Waals surface area contributed by atoms with Crippen LogP contribution in [-0.2, 0) is 14.3 Å². The van der Waals surface area contributed by atoms with Crippen LogP contribution in [0.15, 0.2) is 12.7 Å². The van der Waals surface area contributed by atoms with Crippen molar-refractivity contribution in [1.29, 1.82) is 0 Å². The molecule has 0 aliphatic heterocycles. The number of rotatable bonds is 8. The molecule has 86 valence electrons. The largest absolute Gasteiger partial charge is 0.469 e. The number of hydrogen-bond donors (Lipinski definition) is 0. The highest BCUT2D eigenvalue weighted by Crippen LogP contribution is 2.16. The van der Waals surface area contributed by atoms with Crippen LogP contribution in [0.5, 0.6) is 0 Å². The van der Waals surface area contributed by atoms with Gasteiger partial charge in [-0.25, -0.2) is 0 Å². The summed E-state index contributed by atoms with van der Waals surface area (Å²) < 4.78 is 4.43. The lowest BCUT2D eigenvalue weighted by Crippen LogP contribution is -2.10. The molecule has 0 aromatic heterocycles. The Morgan fingerprint density at radius 1 is 1.47 bits per heavy atom. The molecule has 0 aromatic carbocycles. The van der Waals surface area contributed by atoms with Crippen LogP contribution in [0.25, 0.3) is 0 Å². The van der Waals surface area contributed by atoms with Crippen LogP contribution in [0.2, 0.25) is 0 Å². The second-order valence-electron chi connectivity index (χ2n) is 3.63. The van der Waals surface area contributed by atoms with E-state index in [1.165, 1.54) is 7.11 Å². The number of methoxy groups -OCH3 is 1. The molecule has 15 heavy (non-hydrogen) atoms. The smallest absolute Gasteiger partial charge is 0.313 e. The molecule has 3 nitrogen and oxygen atoms in total. The fraction of sp³-hybridized carbons (Fsp3) is 0.667. The van der Waals surface area contributed by atoms with Crippen LogP contribution in [-0.4, -0.2) is 18.9 Å². The molecule has 0 spiro atoms. The molecule has 0 heterocycles. The SMILES string of the molecule is C=CCC(CC)CCC(=O)CC(=O)OC. The Labute approximate surface area is 91.5 Å². The molecule has 0 fully saturated rings. The van der Waals surface area contributed by atoms with Gasteiger partial charge in [0.1, 0.15) is 12.2 Å². The highest BCUT2D eigenvalue weighted by atomic mass is 16.5. The molecule has 0 bridgehead atoms. The average Bonchev–Trinajstić information content (AvgIpc) is 2.23. The minimum Gasteiger partial charge on any atom is -0.469 e. The minimum absolute atomic E-state index is 0.0376. The molecule has 0 aromatic rings. The van der Waals surface area contributed by atoms with Crippen LogP contribution >= 0.6 is 0 Å². The molecule has 3 heteroatoms. The van der Waals surface area contributed by atoms with Crippen molar-refractivity contribution in [2.45, 2.75) is 39.0 Å². The quantitative estimate of drug-likeness (QED) is 0.353. The number of Topliss-reactive ketones (excluding diaryl/α,β-unsaturated/α-hetero) is 1. The lowest BCUT2D eigenvalue weighted by Gasteiger charge is -2.10. The van der Waals surface area contributed by atoms with Crippen LogP contribution < -0.4 is 0 Å². The molecule has 0 aliphatic rings. The first kappa shape index (κ1) is 13.9. The van der Waals surface area contributed by atoms with Crippen molar-refractivity contribution in [3.8, 4) is 0 Å². The van der Waals surface area contributed by atoms with Gasteiger partial charge in [0.15, 0.2) is 0 Å². The molecule has 0 saturated heterocycles. The first-order chi connectivity index (χ1) is 7.13. The van der Waals surface area contributed by atoms with Crippen molar-refractivity contribution in [3.63, 3.8) is 0 Å². The molecule has 0 aliphatic carbocycles. The van der Waals surface area contributed by atoms with E-state index in [4.69, 9.17) is 0 Å². The Bertz CT molecular complexity index is 221. The van der Waals surface area contributed by atoms with Crippen LogP contribution in [0.1, 0.15) is 39.0 Å². The van der Waals surface area contributed by atoms with E-state index in [1.54, 1.807) is 0 Å². The maximum absolute atomic E-state index is 11.3. The minimum atomic E-state index is -0.447. The summed E-state index contributed by atoms with van der Waals surface area (Å²) in [5, 5.41) is 0. The van der Waals surface area contributed by atoms with Crippen molar-refractivity contribution < 1.29 is 14.3 Å². The van der Waals surface area contributed by atoms with E-state index in [0.29, 0.717) is 12.3 Å². The lowest BCUT2D eigenvalue weighted by molar-refractivity contribution is -0.143. The highest BCUT2D eigenvalue weighted by molar-refractivity contribution is 5.95. The highest BCUT2D eigenvalue weighted by Gasteiger charge is 2.12. The first-order valence-electron chi connectivity index (χ1n) is 5.33. The van der Waals surface area contributed by atoms with Gasteiger partial charge in [0.2, 0.25) is 0 Å². The molecular formula is C12H20O3. The van der Waals surface area contributed by atoms with Gasteiger partial charge in [0, 0.05) is 6.42 Å². The summed E-state index contributed by atoms with van der Waals surface area (Å²) in [6, 6.07) is 0. The third-order valence-corrected chi connectivity index (χ3v) is 2.48. The molecule has 0 saturated carbocycles. The van der Waals surface area contributed by atoms with Crippen molar-refractivity contribution in [2.75, 3.05) is 7.11 Å². The van der Waals surface area contributed by atoms with Gasteiger partial charge in [0.25, 0.3) is 0 Å². The number of carbonyl (C=O) groups is 2. The van der Waals surface area contributed by atoms with Crippen LogP contribution in [0.3, 0.4) is 0 Å². The zero-order valence-corrected chi connectivity index (χ0v) is 9.62. The number of hydrogen-bond acceptors (Lipinski definition) is 3. The summed E-state index contributed by atoms with van der Waals surface area (Å²) in [6.07, 6.45) is 5.04. The number of carbonyl (C=O) groups excluding carboxylic acids is 2. The normalized spacial score (nSPS) is 11.9. The van der Waals surface area contributed by atoms with E-state index in [0.717, 1.165) is 19.3 Å². The van der Waals surface area contributed by atoms with Gasteiger partial charge in [0.05, 0.1) is 7.11 Å². The number of esters is 1. The third-order valence-electron chi connectivity index (χ3n) is 2.48. The Balaban J connectivity index is 3.77. The van der Waals surface area contributed by atoms with Gasteiger partial charge in [-0.15, -0.1) is 6.58 Å². The Morgan fingerprint density at radius 2 is 2.13 bits per heavy atom. The standard InChI is InChI=1S/C12H20O3/c1-4-6-10(5-2)7-8-11(13)9-12(14)15-3/h4,10H,1,5-9H2,2-3H3. The monoisotopic (exact) mass is 212 g/mol. The topological polar surface area (TPSA) is 43.4 Å². The Hall–Kier alpha value is -1.12. The van der Waals surface area contributed by atoms with Gasteiger partial charge >= 0.3 is 5.97 Å². The summed E-state index contributed by atoms with van der Waals surface area (Å²) in [5.41, 5.74) is 0. The zero-order chi connectivity index (χ0) is 11.7. The maximum Gasteiger partial charge on any atom is 0.313 e. The fourth-order valence-electron chi connectivity index (χ4n) is 1.41. The van der Waals surface area contributed by atoms with Gasteiger partial charge in [-0.05, 0) is 18.8 Å². The fourth-order valence-corrected chi connectivity index (χ4v) is 1.41. The van der Waals surface area contributed by atoms with Gasteiger partial charge in [-0.1, -0.05) is 19.4 Å². The van der Waals surface area contributed by atoms with E-state index >= 15 is 0 Å². The molecule has 1 atom stereocenters. The van der Waals surface area contributed by atoms with Crippen LogP contribution in [0, 0.1) is 5.92 Å². The van der Waals surface area contributed by atoms with E-state index in [-0.39, 0.29) is 12.2 Å². The van der Waals surface area contributed by atoms with Crippen molar-refractivity contribution in [1.82, 2.24) is 0 Å². The summed E-state index contributed by atoms with van der Waals surface area (Å²) >= 11 is 0. The summed E-state index contributed by atoms with van der Waals surface area (Å²) in [5.74, 6) is 0.0187. The summed E-state index contributed by atoms with van der Waals surface area (Å²) in [7, 11) is 1.29. The maximum atomic E-state index is 11.3. The Kier molecular flexibility index (Phi) is 7.60. The lowest BCUT2D eigenvalue weighted by atomic mass is 9.95. The molecule has 0 rings (SSSR count). The second-order valence-corrected chi connectivity index (χ2v) is 3.63. The number of ether oxygens (including phenoxy) is 1. The predicted molar refractivity (Wildman–Crippen MR) is 59.5 cm³/mol. The van der Waals surface area contributed by atoms with Gasteiger partial charge in [-0.2, -0.15) is 0 Å². The summed E-state index contributed by atoms with van der Waals surface area (Å²) in [6.45, 7) is 5.77. The van der Waals surface area contributed by atoms with Crippen molar-refractivity contribution in [3.05, 3.63) is 12.7 Å². The third kappa shape index (κ3) is 6.89. The Morgan fingerprint density at radius 3 is 2.60 bits per heavy atom. The van der Waals surface area contributed by atoms with Gasteiger partial charge < -0.3 is 4.74 Å². The number of allylic oxidation sites excluding steroid dienone is 1. The van der Waals surface area contributed by atoms with Crippen molar-refractivity contribution >= 4 is 11.8 Å². The van der Waals surface area contributed by atoms with E-state index in [2.05, 4.69) is 18.2 Å². The molecule has 0 N–H and O–H groups in total.